The lowest BCUT2D eigenvalue weighted by Gasteiger charge is -2.11. The summed E-state index contributed by atoms with van der Waals surface area (Å²) in [6.45, 7) is -0.00432. The molecule has 136 valence electrons. The minimum absolute atomic E-state index is 0.00432. The molecule has 0 aliphatic heterocycles. The summed E-state index contributed by atoms with van der Waals surface area (Å²) < 4.78 is 6.46. The highest BCUT2D eigenvalue weighted by Crippen LogP contribution is 2.48. The first-order valence-corrected chi connectivity index (χ1v) is 9.22. The number of carbonyl (C=O) groups is 2. The van der Waals surface area contributed by atoms with Crippen molar-refractivity contribution in [1.82, 2.24) is 4.90 Å². The number of ether oxygens (including phenoxy) is 1. The number of nitrogens with zero attached hydrogens (tertiary/aromatic N) is 1. The van der Waals surface area contributed by atoms with Gasteiger partial charge in [0.25, 0.3) is 5.91 Å². The highest BCUT2D eigenvalue weighted by molar-refractivity contribution is 9.10. The fourth-order valence-corrected chi connectivity index (χ4v) is 2.97. The van der Waals surface area contributed by atoms with Gasteiger partial charge in [-0.25, -0.2) is 0 Å². The average Bonchev–Trinajstić information content (AvgIpc) is 3.42. The number of nitrogens with one attached hydrogen (secondary N) is 1. The van der Waals surface area contributed by atoms with Gasteiger partial charge in [0, 0.05) is 30.2 Å². The van der Waals surface area contributed by atoms with Gasteiger partial charge in [0.05, 0.1) is 0 Å². The second-order valence-electron chi connectivity index (χ2n) is 6.59. The van der Waals surface area contributed by atoms with E-state index in [4.69, 9.17) is 4.74 Å². The van der Waals surface area contributed by atoms with Crippen LogP contribution in [0.4, 0.5) is 5.69 Å². The number of hydrogen-bond acceptors (Lipinski definition) is 3. The fourth-order valence-electron chi connectivity index (χ4n) is 2.71. The second kappa shape index (κ2) is 7.91. The van der Waals surface area contributed by atoms with Crippen LogP contribution in [-0.4, -0.2) is 37.4 Å². The van der Waals surface area contributed by atoms with Crippen LogP contribution in [-0.2, 0) is 9.59 Å². The third-order valence-electron chi connectivity index (χ3n) is 4.41. The van der Waals surface area contributed by atoms with Gasteiger partial charge in [0.2, 0.25) is 5.91 Å². The number of carbonyl (C=O) groups excluding carboxylic acids is 2. The molecule has 0 radical (unpaired) electrons. The van der Waals surface area contributed by atoms with Gasteiger partial charge in [-0.15, -0.1) is 0 Å². The van der Waals surface area contributed by atoms with Gasteiger partial charge in [0.15, 0.2) is 6.61 Å². The molecule has 2 atom stereocenters. The van der Waals surface area contributed by atoms with Gasteiger partial charge in [-0.1, -0.05) is 28.1 Å². The number of rotatable bonds is 6. The Morgan fingerprint density at radius 1 is 1.12 bits per heavy atom. The van der Waals surface area contributed by atoms with Crippen LogP contribution < -0.4 is 10.1 Å². The van der Waals surface area contributed by atoms with E-state index < -0.39 is 0 Å². The minimum Gasteiger partial charge on any atom is -0.484 e. The molecule has 2 amide bonds. The van der Waals surface area contributed by atoms with E-state index in [1.807, 2.05) is 12.1 Å². The zero-order chi connectivity index (χ0) is 18.7. The molecule has 26 heavy (non-hydrogen) atoms. The van der Waals surface area contributed by atoms with Crippen molar-refractivity contribution < 1.29 is 14.3 Å². The van der Waals surface area contributed by atoms with Crippen molar-refractivity contribution in [3.63, 3.8) is 0 Å². The molecule has 0 saturated heterocycles. The van der Waals surface area contributed by atoms with Crippen molar-refractivity contribution in [1.29, 1.82) is 0 Å². The molecule has 1 saturated carbocycles. The van der Waals surface area contributed by atoms with Crippen molar-refractivity contribution in [3.05, 3.63) is 58.6 Å². The lowest BCUT2D eigenvalue weighted by Crippen LogP contribution is -2.27. The maximum Gasteiger partial charge on any atom is 0.259 e. The number of anilines is 1. The van der Waals surface area contributed by atoms with Crippen molar-refractivity contribution >= 4 is 33.4 Å². The van der Waals surface area contributed by atoms with Crippen molar-refractivity contribution in [3.8, 4) is 5.75 Å². The van der Waals surface area contributed by atoms with Crippen LogP contribution in [0.15, 0.2) is 53.0 Å². The second-order valence-corrected chi connectivity index (χ2v) is 7.51. The first-order valence-electron chi connectivity index (χ1n) is 8.43. The quantitative estimate of drug-likeness (QED) is 0.781. The number of benzene rings is 2. The number of amides is 2. The van der Waals surface area contributed by atoms with Gasteiger partial charge in [-0.05, 0) is 54.3 Å². The lowest BCUT2D eigenvalue weighted by molar-refractivity contribution is -0.130. The Balaban J connectivity index is 1.51. The van der Waals surface area contributed by atoms with Crippen LogP contribution >= 0.6 is 15.9 Å². The maximum absolute atomic E-state index is 12.4. The molecule has 2 aromatic rings. The van der Waals surface area contributed by atoms with Crippen LogP contribution in [0.2, 0.25) is 0 Å². The number of halogens is 1. The van der Waals surface area contributed by atoms with Crippen molar-refractivity contribution in [2.24, 2.45) is 5.92 Å². The zero-order valence-electron chi connectivity index (χ0n) is 14.7. The molecular formula is C20H21BrN2O3. The van der Waals surface area contributed by atoms with Crippen molar-refractivity contribution in [2.75, 3.05) is 26.0 Å². The third kappa shape index (κ3) is 4.64. The van der Waals surface area contributed by atoms with E-state index in [9.17, 15) is 9.59 Å². The zero-order valence-corrected chi connectivity index (χ0v) is 16.3. The fraction of sp³-hybridized carbons (Fsp3) is 0.300. The Labute approximate surface area is 161 Å². The summed E-state index contributed by atoms with van der Waals surface area (Å²) in [5.41, 5.74) is 1.92. The summed E-state index contributed by atoms with van der Waals surface area (Å²) >= 11 is 3.42. The molecule has 5 nitrogen and oxygen atoms in total. The van der Waals surface area contributed by atoms with E-state index in [1.165, 1.54) is 10.5 Å². The molecule has 0 heterocycles. The smallest absolute Gasteiger partial charge is 0.259 e. The first kappa shape index (κ1) is 18.5. The van der Waals surface area contributed by atoms with Gasteiger partial charge in [0.1, 0.15) is 5.75 Å². The molecule has 0 bridgehead atoms. The van der Waals surface area contributed by atoms with Gasteiger partial charge >= 0.3 is 0 Å². The van der Waals surface area contributed by atoms with E-state index in [2.05, 4.69) is 33.4 Å². The molecule has 2 unspecified atom stereocenters. The Bertz CT molecular complexity index is 788. The number of likely N-dealkylation sites (N-methyl/N-ethyl adjacent to an activating group) is 1. The molecule has 1 aliphatic rings. The van der Waals surface area contributed by atoms with Crippen molar-refractivity contribution in [2.45, 2.75) is 12.3 Å². The normalized spacial score (nSPS) is 18.1. The summed E-state index contributed by atoms with van der Waals surface area (Å²) in [6.07, 6.45) is 0.876. The standard InChI is InChI=1S/C20H21BrN2O3/c1-23(2)19(24)12-26-16-9-7-15(8-10-16)22-20(25)18-11-17(18)13-3-5-14(21)6-4-13/h3-10,17-18H,11-12H2,1-2H3,(H,22,25). The first-order chi connectivity index (χ1) is 12.4. The summed E-state index contributed by atoms with van der Waals surface area (Å²) in [5, 5.41) is 2.95. The van der Waals surface area contributed by atoms with Crippen LogP contribution in [0.3, 0.4) is 0 Å². The maximum atomic E-state index is 12.4. The van der Waals surface area contributed by atoms with E-state index in [0.29, 0.717) is 11.7 Å². The summed E-state index contributed by atoms with van der Waals surface area (Å²) in [6, 6.07) is 15.2. The van der Waals surface area contributed by atoms with E-state index >= 15 is 0 Å². The highest BCUT2D eigenvalue weighted by Gasteiger charge is 2.43. The number of hydrogen-bond donors (Lipinski definition) is 1. The Kier molecular flexibility index (Phi) is 5.61. The molecule has 2 aromatic carbocycles. The molecule has 1 N–H and O–H groups in total. The Morgan fingerprint density at radius 3 is 2.38 bits per heavy atom. The topological polar surface area (TPSA) is 58.6 Å². The molecule has 0 spiro atoms. The van der Waals surface area contributed by atoms with Gasteiger partial charge in [-0.2, -0.15) is 0 Å². The molecule has 3 rings (SSSR count). The van der Waals surface area contributed by atoms with E-state index in [1.54, 1.807) is 38.4 Å². The molecular weight excluding hydrogens is 396 g/mol. The third-order valence-corrected chi connectivity index (χ3v) is 4.94. The van der Waals surface area contributed by atoms with Crippen LogP contribution in [0.5, 0.6) is 5.75 Å². The summed E-state index contributed by atoms with van der Waals surface area (Å²) in [4.78, 5) is 25.4. The van der Waals surface area contributed by atoms with Crippen LogP contribution in [0, 0.1) is 5.92 Å². The summed E-state index contributed by atoms with van der Waals surface area (Å²) in [5.74, 6) is 0.842. The SMILES string of the molecule is CN(C)C(=O)COc1ccc(NC(=O)C2CC2c2ccc(Br)cc2)cc1. The van der Waals surface area contributed by atoms with Crippen LogP contribution in [0.25, 0.3) is 0 Å². The summed E-state index contributed by atoms with van der Waals surface area (Å²) in [7, 11) is 3.37. The molecule has 1 aliphatic carbocycles. The van der Waals surface area contributed by atoms with E-state index in [-0.39, 0.29) is 24.3 Å². The van der Waals surface area contributed by atoms with E-state index in [0.717, 1.165) is 16.6 Å². The molecule has 0 aromatic heterocycles. The highest BCUT2D eigenvalue weighted by atomic mass is 79.9. The predicted molar refractivity (Wildman–Crippen MR) is 104 cm³/mol. The lowest BCUT2D eigenvalue weighted by atomic mass is 10.1. The van der Waals surface area contributed by atoms with Gasteiger partial charge in [-0.3, -0.25) is 9.59 Å². The Hall–Kier alpha value is -2.34. The average molecular weight is 417 g/mol. The monoisotopic (exact) mass is 416 g/mol. The molecule has 1 fully saturated rings. The minimum atomic E-state index is -0.102. The Morgan fingerprint density at radius 2 is 1.77 bits per heavy atom. The van der Waals surface area contributed by atoms with Gasteiger partial charge < -0.3 is 15.0 Å². The predicted octanol–water partition coefficient (Wildman–Crippen LogP) is 3.66. The largest absolute Gasteiger partial charge is 0.484 e. The molecule has 6 heteroatoms. The van der Waals surface area contributed by atoms with Crippen LogP contribution in [0.1, 0.15) is 17.9 Å².